The topological polar surface area (TPSA) is 74.8 Å². The molecule has 2 aliphatic rings. The molecule has 0 bridgehead atoms. The molecule has 10 heteroatoms. The largest absolute Gasteiger partial charge is 0.244 e. The average molecular weight is 737 g/mol. The summed E-state index contributed by atoms with van der Waals surface area (Å²) in [4.78, 5) is 1.83. The fourth-order valence-corrected chi connectivity index (χ4v) is 10.3. The number of hydrogen-bond donors (Lipinski definition) is 0. The van der Waals surface area contributed by atoms with Crippen molar-refractivity contribution in [2.75, 3.05) is 26.2 Å². The number of benzene rings is 3. The summed E-state index contributed by atoms with van der Waals surface area (Å²) in [6.07, 6.45) is 7.25. The van der Waals surface area contributed by atoms with Crippen LogP contribution in [-0.4, -0.2) is 51.6 Å². The molecule has 6 rings (SSSR count). The second kappa shape index (κ2) is 15.9. The van der Waals surface area contributed by atoms with Gasteiger partial charge in [0.1, 0.15) is 4.90 Å². The molecule has 0 amide bonds. The van der Waals surface area contributed by atoms with Crippen LogP contribution in [0, 0.1) is 6.92 Å². The van der Waals surface area contributed by atoms with Gasteiger partial charge in [0.15, 0.2) is 0 Å². The zero-order valence-corrected chi connectivity index (χ0v) is 31.8. The van der Waals surface area contributed by atoms with Gasteiger partial charge < -0.3 is 0 Å². The van der Waals surface area contributed by atoms with Crippen molar-refractivity contribution >= 4 is 54.1 Å². The van der Waals surface area contributed by atoms with E-state index in [4.69, 9.17) is 11.6 Å². The first kappa shape index (κ1) is 37.2. The van der Waals surface area contributed by atoms with Crippen molar-refractivity contribution in [3.8, 4) is 0 Å². The molecule has 0 N–H and O–H groups in total. The molecule has 0 aliphatic carbocycles. The number of rotatable bonds is 6. The molecule has 0 saturated heterocycles. The van der Waals surface area contributed by atoms with E-state index >= 15 is 0 Å². The molecule has 0 saturated carbocycles. The summed E-state index contributed by atoms with van der Waals surface area (Å²) in [5, 5.41) is 2.35. The van der Waals surface area contributed by atoms with E-state index in [0.717, 1.165) is 29.5 Å². The highest BCUT2D eigenvalue weighted by molar-refractivity contribution is 7.89. The Morgan fingerprint density at radius 3 is 1.90 bits per heavy atom. The van der Waals surface area contributed by atoms with Gasteiger partial charge in [0.2, 0.25) is 20.0 Å². The lowest BCUT2D eigenvalue weighted by molar-refractivity contribution is 0.429. The lowest BCUT2D eigenvalue weighted by atomic mass is 9.87. The van der Waals surface area contributed by atoms with Gasteiger partial charge in [-0.15, -0.1) is 11.3 Å². The fraction of sp³-hybridized carbons (Fsp3) is 0.333. The van der Waals surface area contributed by atoms with E-state index in [2.05, 4.69) is 56.5 Å². The van der Waals surface area contributed by atoms with Gasteiger partial charge in [0.05, 0.1) is 9.92 Å². The summed E-state index contributed by atoms with van der Waals surface area (Å²) in [5.41, 5.74) is 5.72. The lowest BCUT2D eigenvalue weighted by Gasteiger charge is -2.22. The maximum atomic E-state index is 13.0. The number of sulfonamides is 2. The molecular formula is C39H45ClN2O4S3. The van der Waals surface area contributed by atoms with Crippen LogP contribution in [0.1, 0.15) is 68.0 Å². The van der Waals surface area contributed by atoms with E-state index in [9.17, 15) is 16.8 Å². The van der Waals surface area contributed by atoms with Crippen LogP contribution in [0.5, 0.6) is 0 Å². The second-order valence-electron chi connectivity index (χ2n) is 13.4. The van der Waals surface area contributed by atoms with Crippen LogP contribution >= 0.6 is 22.9 Å². The first-order chi connectivity index (χ1) is 23.3. The predicted octanol–water partition coefficient (Wildman–Crippen LogP) is 9.43. The van der Waals surface area contributed by atoms with E-state index in [1.165, 1.54) is 20.3 Å². The Morgan fingerprint density at radius 1 is 0.694 bits per heavy atom. The van der Waals surface area contributed by atoms with Gasteiger partial charge in [-0.05, 0) is 102 Å². The minimum absolute atomic E-state index is 0.0183. The molecule has 4 aromatic rings. The molecule has 0 unspecified atom stereocenters. The Bertz CT molecular complexity index is 2000. The number of nitrogens with zero attached hydrogens (tertiary/aromatic N) is 2. The normalized spacial score (nSPS) is 16.8. The quantitative estimate of drug-likeness (QED) is 0.198. The van der Waals surface area contributed by atoms with Crippen LogP contribution in [0.25, 0.3) is 11.1 Å². The van der Waals surface area contributed by atoms with Crippen molar-refractivity contribution in [2.45, 2.75) is 68.6 Å². The van der Waals surface area contributed by atoms with Gasteiger partial charge in [-0.3, -0.25) is 0 Å². The molecule has 0 fully saturated rings. The summed E-state index contributed by atoms with van der Waals surface area (Å²) in [6, 6.07) is 26.7. The molecule has 0 atom stereocenters. The fourth-order valence-electron chi connectivity index (χ4n) is 5.99. The van der Waals surface area contributed by atoms with Crippen LogP contribution in [0.3, 0.4) is 0 Å². The molecule has 0 radical (unpaired) electrons. The van der Waals surface area contributed by atoms with Gasteiger partial charge in [-0.2, -0.15) is 8.61 Å². The summed E-state index contributed by atoms with van der Waals surface area (Å²) >= 11 is 7.89. The molecule has 3 heterocycles. The number of halogens is 1. The second-order valence-corrected chi connectivity index (χ2v) is 18.6. The third-order valence-corrected chi connectivity index (χ3v) is 14.1. The Hall–Kier alpha value is -3.05. The summed E-state index contributed by atoms with van der Waals surface area (Å²) in [5.74, 6) is 0. The zero-order valence-electron chi connectivity index (χ0n) is 28.6. The Kier molecular flexibility index (Phi) is 12.1. The minimum Gasteiger partial charge on any atom is -0.207 e. The molecule has 0 spiro atoms. The molecule has 1 aromatic heterocycles. The van der Waals surface area contributed by atoms with E-state index in [0.29, 0.717) is 43.9 Å². The Balaban J connectivity index is 0.000000191. The van der Waals surface area contributed by atoms with Crippen molar-refractivity contribution < 1.29 is 16.8 Å². The van der Waals surface area contributed by atoms with E-state index in [1.54, 1.807) is 46.0 Å². The maximum Gasteiger partial charge on any atom is 0.244 e. The highest BCUT2D eigenvalue weighted by Crippen LogP contribution is 2.31. The van der Waals surface area contributed by atoms with Crippen LogP contribution < -0.4 is 0 Å². The third kappa shape index (κ3) is 9.20. The van der Waals surface area contributed by atoms with E-state index < -0.39 is 20.0 Å². The molecule has 6 nitrogen and oxygen atoms in total. The van der Waals surface area contributed by atoms with Crippen molar-refractivity contribution in [1.29, 1.82) is 0 Å². The van der Waals surface area contributed by atoms with Crippen molar-refractivity contribution in [3.05, 3.63) is 129 Å². The zero-order chi connectivity index (χ0) is 35.2. The summed E-state index contributed by atoms with van der Waals surface area (Å²) in [6.45, 7) is 10.3. The average Bonchev–Trinajstić information content (AvgIpc) is 3.32. The molecule has 3 aromatic carbocycles. The van der Waals surface area contributed by atoms with Gasteiger partial charge in [0, 0.05) is 31.1 Å². The van der Waals surface area contributed by atoms with Crippen LogP contribution in [0.2, 0.25) is 5.02 Å². The highest BCUT2D eigenvalue weighted by Gasteiger charge is 2.28. The van der Waals surface area contributed by atoms with Gasteiger partial charge in [0.25, 0.3) is 0 Å². The van der Waals surface area contributed by atoms with Gasteiger partial charge >= 0.3 is 0 Å². The van der Waals surface area contributed by atoms with Crippen LogP contribution in [0.4, 0.5) is 0 Å². The monoisotopic (exact) mass is 736 g/mol. The summed E-state index contributed by atoms with van der Waals surface area (Å²) in [7, 11) is -7.01. The van der Waals surface area contributed by atoms with E-state index in [1.807, 2.05) is 43.3 Å². The third-order valence-electron chi connectivity index (χ3n) is 8.85. The van der Waals surface area contributed by atoms with Crippen molar-refractivity contribution in [2.24, 2.45) is 0 Å². The first-order valence-electron chi connectivity index (χ1n) is 16.6. The SMILES string of the molecule is CC(C)(C)c1ccc(S(=O)(=O)N2CCC=C(c3cccs3)CC2)cc1.Cc1ccc(S(=O)(=O)N2CCC=C(c3ccccc3)CC2)c(Cl)c1. The number of hydrogen-bond acceptors (Lipinski definition) is 5. The van der Waals surface area contributed by atoms with Gasteiger partial charge in [-0.25, -0.2) is 16.8 Å². The van der Waals surface area contributed by atoms with Crippen LogP contribution in [0.15, 0.2) is 112 Å². The predicted molar refractivity (Wildman–Crippen MR) is 204 cm³/mol. The standard InChI is InChI=1S/C20H25NO2S2.C19H20ClNO2S/c1-20(2,3)17-8-10-18(11-9-17)25(22,23)21-13-4-6-16(12-14-21)19-7-5-15-24-19;1-15-9-10-19(18(20)14-15)24(22,23)21-12-5-8-17(11-13-21)16-6-3-2-4-7-16/h5-11,15H,4,12-14H2,1-3H3;2-4,6-10,14H,5,11-13H2,1H3. The van der Waals surface area contributed by atoms with Gasteiger partial charge in [-0.1, -0.05) is 99.1 Å². The Morgan fingerprint density at radius 2 is 1.31 bits per heavy atom. The summed E-state index contributed by atoms with van der Waals surface area (Å²) < 4.78 is 55.0. The van der Waals surface area contributed by atoms with E-state index in [-0.39, 0.29) is 15.3 Å². The smallest absolute Gasteiger partial charge is 0.207 e. The number of thiophene rings is 1. The first-order valence-corrected chi connectivity index (χ1v) is 20.7. The van der Waals surface area contributed by atoms with Crippen LogP contribution in [-0.2, 0) is 25.5 Å². The molecular weight excluding hydrogens is 692 g/mol. The van der Waals surface area contributed by atoms with Crippen molar-refractivity contribution in [3.63, 3.8) is 0 Å². The molecule has 2 aliphatic heterocycles. The minimum atomic E-state index is -3.57. The lowest BCUT2D eigenvalue weighted by Crippen LogP contribution is -2.32. The number of aryl methyl sites for hydroxylation is 1. The molecule has 49 heavy (non-hydrogen) atoms. The van der Waals surface area contributed by atoms with Crippen molar-refractivity contribution in [1.82, 2.24) is 8.61 Å². The molecule has 260 valence electrons. The highest BCUT2D eigenvalue weighted by atomic mass is 35.5. The maximum absolute atomic E-state index is 13.0. The Labute approximate surface area is 301 Å².